The van der Waals surface area contributed by atoms with Gasteiger partial charge in [-0.05, 0) is 56.2 Å². The van der Waals surface area contributed by atoms with E-state index in [2.05, 4.69) is 52.1 Å². The zero-order valence-electron chi connectivity index (χ0n) is 13.9. The first-order chi connectivity index (χ1) is 11.8. The number of aromatic nitrogens is 2. The molecular formula is C19H23N3OS. The van der Waals surface area contributed by atoms with E-state index in [9.17, 15) is 0 Å². The SMILES string of the molecule is Cc1c(OC2CCC(NCc3cccs3)CC2)ccc2[nH]ncc12. The van der Waals surface area contributed by atoms with Crippen LogP contribution < -0.4 is 10.1 Å². The van der Waals surface area contributed by atoms with Gasteiger partial charge in [0.15, 0.2) is 0 Å². The van der Waals surface area contributed by atoms with Gasteiger partial charge in [-0.3, -0.25) is 5.10 Å². The van der Waals surface area contributed by atoms with Crippen LogP contribution in [0.25, 0.3) is 10.9 Å². The lowest BCUT2D eigenvalue weighted by molar-refractivity contribution is 0.139. The molecule has 4 nitrogen and oxygen atoms in total. The van der Waals surface area contributed by atoms with E-state index < -0.39 is 0 Å². The Morgan fingerprint density at radius 2 is 2.12 bits per heavy atom. The molecule has 126 valence electrons. The van der Waals surface area contributed by atoms with E-state index in [4.69, 9.17) is 4.74 Å². The third-order valence-corrected chi connectivity index (χ3v) is 5.83. The number of hydrogen-bond acceptors (Lipinski definition) is 4. The fraction of sp³-hybridized carbons (Fsp3) is 0.421. The molecular weight excluding hydrogens is 318 g/mol. The van der Waals surface area contributed by atoms with Crippen molar-refractivity contribution < 1.29 is 4.74 Å². The fourth-order valence-electron chi connectivity index (χ4n) is 3.49. The molecule has 1 aliphatic rings. The number of hydrogen-bond donors (Lipinski definition) is 2. The molecule has 1 fully saturated rings. The van der Waals surface area contributed by atoms with Crippen LogP contribution in [-0.4, -0.2) is 22.3 Å². The van der Waals surface area contributed by atoms with Crippen LogP contribution in [0, 0.1) is 6.92 Å². The van der Waals surface area contributed by atoms with Gasteiger partial charge in [-0.25, -0.2) is 0 Å². The minimum atomic E-state index is 0.327. The molecule has 0 aliphatic heterocycles. The second-order valence-corrected chi connectivity index (χ2v) is 7.60. The van der Waals surface area contributed by atoms with Gasteiger partial charge in [0, 0.05) is 28.4 Å². The number of fused-ring (bicyclic) bond motifs is 1. The molecule has 3 aromatic rings. The van der Waals surface area contributed by atoms with Gasteiger partial charge in [0.25, 0.3) is 0 Å². The average molecular weight is 341 g/mol. The monoisotopic (exact) mass is 341 g/mol. The molecule has 0 unspecified atom stereocenters. The molecule has 1 aromatic carbocycles. The molecule has 2 heterocycles. The zero-order chi connectivity index (χ0) is 16.4. The Kier molecular flexibility index (Phi) is 4.54. The lowest BCUT2D eigenvalue weighted by Gasteiger charge is -2.30. The van der Waals surface area contributed by atoms with E-state index in [-0.39, 0.29) is 0 Å². The number of aromatic amines is 1. The van der Waals surface area contributed by atoms with Crippen LogP contribution in [0.2, 0.25) is 0 Å². The van der Waals surface area contributed by atoms with E-state index in [0.29, 0.717) is 12.1 Å². The zero-order valence-corrected chi connectivity index (χ0v) is 14.7. The van der Waals surface area contributed by atoms with Crippen molar-refractivity contribution in [2.45, 2.75) is 51.3 Å². The number of thiophene rings is 1. The van der Waals surface area contributed by atoms with Crippen LogP contribution >= 0.6 is 11.3 Å². The Labute approximate surface area is 146 Å². The van der Waals surface area contributed by atoms with Gasteiger partial charge in [-0.1, -0.05) is 6.07 Å². The summed E-state index contributed by atoms with van der Waals surface area (Å²) in [5.41, 5.74) is 2.25. The second kappa shape index (κ2) is 6.95. The summed E-state index contributed by atoms with van der Waals surface area (Å²) in [6.45, 7) is 3.10. The molecule has 4 rings (SSSR count). The molecule has 0 saturated heterocycles. The van der Waals surface area contributed by atoms with Gasteiger partial charge in [-0.15, -0.1) is 11.3 Å². The highest BCUT2D eigenvalue weighted by Crippen LogP contribution is 2.30. The van der Waals surface area contributed by atoms with E-state index in [1.165, 1.54) is 23.3 Å². The quantitative estimate of drug-likeness (QED) is 0.722. The summed E-state index contributed by atoms with van der Waals surface area (Å²) in [6.07, 6.45) is 6.80. The van der Waals surface area contributed by atoms with Gasteiger partial charge in [0.05, 0.1) is 17.8 Å². The Morgan fingerprint density at radius 1 is 1.25 bits per heavy atom. The smallest absolute Gasteiger partial charge is 0.123 e. The van der Waals surface area contributed by atoms with Crippen LogP contribution in [0.4, 0.5) is 0 Å². The van der Waals surface area contributed by atoms with Gasteiger partial charge >= 0.3 is 0 Å². The predicted octanol–water partition coefficient (Wildman–Crippen LogP) is 4.41. The van der Waals surface area contributed by atoms with Gasteiger partial charge in [0.1, 0.15) is 5.75 Å². The predicted molar refractivity (Wildman–Crippen MR) is 98.7 cm³/mol. The Bertz CT molecular complexity index is 788. The third-order valence-electron chi connectivity index (χ3n) is 4.96. The number of H-pyrrole nitrogens is 1. The lowest BCUT2D eigenvalue weighted by atomic mass is 9.93. The van der Waals surface area contributed by atoms with Crippen molar-refractivity contribution in [2.75, 3.05) is 0 Å². The molecule has 0 atom stereocenters. The first kappa shape index (κ1) is 15.7. The summed E-state index contributed by atoms with van der Waals surface area (Å²) >= 11 is 1.82. The number of ether oxygens (including phenoxy) is 1. The maximum absolute atomic E-state index is 6.29. The van der Waals surface area contributed by atoms with Crippen LogP contribution in [0.5, 0.6) is 5.75 Å². The summed E-state index contributed by atoms with van der Waals surface area (Å²) in [5, 5.41) is 14.1. The van der Waals surface area contributed by atoms with E-state index >= 15 is 0 Å². The third kappa shape index (κ3) is 3.32. The van der Waals surface area contributed by atoms with Crippen molar-refractivity contribution in [1.82, 2.24) is 15.5 Å². The molecule has 24 heavy (non-hydrogen) atoms. The van der Waals surface area contributed by atoms with Gasteiger partial charge in [0.2, 0.25) is 0 Å². The van der Waals surface area contributed by atoms with Crippen LogP contribution in [0.1, 0.15) is 36.1 Å². The highest BCUT2D eigenvalue weighted by Gasteiger charge is 2.23. The highest BCUT2D eigenvalue weighted by atomic mass is 32.1. The molecule has 5 heteroatoms. The van der Waals surface area contributed by atoms with Crippen molar-refractivity contribution >= 4 is 22.2 Å². The minimum absolute atomic E-state index is 0.327. The topological polar surface area (TPSA) is 49.9 Å². The maximum atomic E-state index is 6.29. The van der Waals surface area contributed by atoms with Crippen LogP contribution in [-0.2, 0) is 6.54 Å². The number of nitrogens with zero attached hydrogens (tertiary/aromatic N) is 1. The normalized spacial score (nSPS) is 21.2. The standard InChI is InChI=1S/C19H23N3OS/c1-13-17-12-21-22-18(17)8-9-19(13)23-15-6-4-14(5-7-15)20-11-16-3-2-10-24-16/h2-3,8-10,12,14-15,20H,4-7,11H2,1H3,(H,21,22). The summed E-state index contributed by atoms with van der Waals surface area (Å²) < 4.78 is 6.29. The molecule has 0 radical (unpaired) electrons. The Balaban J connectivity index is 1.31. The Morgan fingerprint density at radius 3 is 2.92 bits per heavy atom. The van der Waals surface area contributed by atoms with E-state index in [1.807, 2.05) is 17.5 Å². The molecule has 2 N–H and O–H groups in total. The lowest BCUT2D eigenvalue weighted by Crippen LogP contribution is -2.35. The maximum Gasteiger partial charge on any atom is 0.123 e. The largest absolute Gasteiger partial charge is 0.490 e. The fourth-order valence-corrected chi connectivity index (χ4v) is 4.14. The van der Waals surface area contributed by atoms with Gasteiger partial charge in [-0.2, -0.15) is 5.10 Å². The summed E-state index contributed by atoms with van der Waals surface area (Å²) in [5.74, 6) is 0.999. The summed E-state index contributed by atoms with van der Waals surface area (Å²) in [7, 11) is 0. The average Bonchev–Trinajstić information content (AvgIpc) is 3.28. The van der Waals surface area contributed by atoms with Crippen LogP contribution in [0.15, 0.2) is 35.8 Å². The van der Waals surface area contributed by atoms with Crippen molar-refractivity contribution in [1.29, 1.82) is 0 Å². The number of benzene rings is 1. The first-order valence-electron chi connectivity index (χ1n) is 8.64. The molecule has 1 aliphatic carbocycles. The van der Waals surface area contributed by atoms with E-state index in [1.54, 1.807) is 0 Å². The van der Waals surface area contributed by atoms with Crippen LogP contribution in [0.3, 0.4) is 0 Å². The van der Waals surface area contributed by atoms with E-state index in [0.717, 1.165) is 36.0 Å². The number of nitrogens with one attached hydrogen (secondary N) is 2. The van der Waals surface area contributed by atoms with Crippen molar-refractivity contribution in [3.63, 3.8) is 0 Å². The molecule has 0 amide bonds. The molecule has 2 aromatic heterocycles. The minimum Gasteiger partial charge on any atom is -0.490 e. The molecule has 1 saturated carbocycles. The number of aryl methyl sites for hydroxylation is 1. The van der Waals surface area contributed by atoms with Crippen molar-refractivity contribution in [3.05, 3.63) is 46.3 Å². The van der Waals surface area contributed by atoms with Gasteiger partial charge < -0.3 is 10.1 Å². The van der Waals surface area contributed by atoms with Crippen molar-refractivity contribution in [3.8, 4) is 5.75 Å². The summed E-state index contributed by atoms with van der Waals surface area (Å²) in [6, 6.07) is 9.05. The molecule has 0 spiro atoms. The first-order valence-corrected chi connectivity index (χ1v) is 9.52. The highest BCUT2D eigenvalue weighted by molar-refractivity contribution is 7.09. The summed E-state index contributed by atoms with van der Waals surface area (Å²) in [4.78, 5) is 1.41. The Hall–Kier alpha value is -1.85. The second-order valence-electron chi connectivity index (χ2n) is 6.57. The molecule has 0 bridgehead atoms. The van der Waals surface area contributed by atoms with Crippen molar-refractivity contribution in [2.24, 2.45) is 0 Å². The number of rotatable bonds is 5.